The summed E-state index contributed by atoms with van der Waals surface area (Å²) in [4.78, 5) is 22.8. The third kappa shape index (κ3) is 3.65. The van der Waals surface area contributed by atoms with Crippen LogP contribution < -0.4 is 0 Å². The number of fused-ring (bicyclic) bond motifs is 1. The number of unbranched alkanes of at least 4 members (excludes halogenated alkanes) is 1. The first-order valence-corrected chi connectivity index (χ1v) is 6.75. The van der Waals surface area contributed by atoms with Crippen molar-refractivity contribution >= 4 is 33.4 Å². The maximum atomic E-state index is 12.2. The second kappa shape index (κ2) is 6.48. The lowest BCUT2D eigenvalue weighted by Crippen LogP contribution is -2.00. The molecule has 0 unspecified atom stereocenters. The summed E-state index contributed by atoms with van der Waals surface area (Å²) in [5.41, 5.74) is 0.760. The van der Waals surface area contributed by atoms with Gasteiger partial charge in [-0.15, -0.1) is 0 Å². The number of rotatable bonds is 6. The molecule has 0 heterocycles. The Hall–Kier alpha value is -1.67. The molecule has 0 aromatic heterocycles. The van der Waals surface area contributed by atoms with Crippen molar-refractivity contribution in [3.05, 3.63) is 48.0 Å². The third-order valence-corrected chi connectivity index (χ3v) is 3.31. The van der Waals surface area contributed by atoms with Gasteiger partial charge < -0.3 is 0 Å². The lowest BCUT2D eigenvalue weighted by atomic mass is 9.98. The van der Waals surface area contributed by atoms with Crippen molar-refractivity contribution in [1.82, 2.24) is 0 Å². The second-order valence-corrected chi connectivity index (χ2v) is 4.93. The zero-order valence-corrected chi connectivity index (χ0v) is 11.3. The van der Waals surface area contributed by atoms with Crippen LogP contribution in [0.15, 0.2) is 42.5 Å². The number of carbonyl (C=O) groups is 2. The number of halogens is 1. The summed E-state index contributed by atoms with van der Waals surface area (Å²) in [5.74, 6) is 0.124. The van der Waals surface area contributed by atoms with Crippen LogP contribution in [-0.2, 0) is 4.79 Å². The van der Waals surface area contributed by atoms with Crippen molar-refractivity contribution in [2.24, 2.45) is 0 Å². The molecule has 0 spiro atoms. The zero-order chi connectivity index (χ0) is 13.7. The van der Waals surface area contributed by atoms with Gasteiger partial charge >= 0.3 is 0 Å². The normalized spacial score (nSPS) is 10.6. The van der Waals surface area contributed by atoms with Gasteiger partial charge in [-0.2, -0.15) is 0 Å². The molecule has 0 atom stereocenters. The Bertz CT molecular complexity index is 599. The highest BCUT2D eigenvalue weighted by atomic mass is 35.5. The Morgan fingerprint density at radius 3 is 2.37 bits per heavy atom. The van der Waals surface area contributed by atoms with Gasteiger partial charge in [-0.3, -0.25) is 9.59 Å². The van der Waals surface area contributed by atoms with Gasteiger partial charge in [0.05, 0.1) is 0 Å². The molecule has 2 rings (SSSR count). The molecule has 0 aliphatic rings. The lowest BCUT2D eigenvalue weighted by molar-refractivity contribution is -0.111. The Balaban J connectivity index is 2.07. The van der Waals surface area contributed by atoms with E-state index in [9.17, 15) is 9.59 Å². The maximum Gasteiger partial charge on any atom is 0.221 e. The molecule has 0 bridgehead atoms. The van der Waals surface area contributed by atoms with Crippen LogP contribution in [0.4, 0.5) is 0 Å². The number of hydrogen-bond donors (Lipinski definition) is 0. The molecule has 0 N–H and O–H groups in total. The van der Waals surface area contributed by atoms with Crippen molar-refractivity contribution in [2.75, 3.05) is 0 Å². The Kier molecular flexibility index (Phi) is 4.69. The Morgan fingerprint density at radius 2 is 1.58 bits per heavy atom. The molecule has 2 aromatic rings. The molecule has 0 radical (unpaired) electrons. The summed E-state index contributed by atoms with van der Waals surface area (Å²) < 4.78 is 0. The highest BCUT2D eigenvalue weighted by Crippen LogP contribution is 2.20. The number of hydrogen-bond acceptors (Lipinski definition) is 2. The fourth-order valence-corrected chi connectivity index (χ4v) is 2.29. The molecule has 0 saturated carbocycles. The van der Waals surface area contributed by atoms with Crippen LogP contribution in [0.25, 0.3) is 10.8 Å². The van der Waals surface area contributed by atoms with E-state index >= 15 is 0 Å². The summed E-state index contributed by atoms with van der Waals surface area (Å²) in [6.45, 7) is 0. The number of benzene rings is 2. The fourth-order valence-electron chi connectivity index (χ4n) is 2.15. The first-order valence-electron chi connectivity index (χ1n) is 6.38. The Labute approximate surface area is 117 Å². The van der Waals surface area contributed by atoms with E-state index in [1.807, 2.05) is 42.5 Å². The minimum atomic E-state index is -0.336. The second-order valence-electron chi connectivity index (χ2n) is 4.51. The van der Waals surface area contributed by atoms with Gasteiger partial charge in [-0.1, -0.05) is 42.5 Å². The summed E-state index contributed by atoms with van der Waals surface area (Å²) in [7, 11) is 0. The van der Waals surface area contributed by atoms with Gasteiger partial charge in [0.2, 0.25) is 5.24 Å². The zero-order valence-electron chi connectivity index (χ0n) is 10.6. The first kappa shape index (κ1) is 13.8. The predicted octanol–water partition coefficient (Wildman–Crippen LogP) is 4.35. The topological polar surface area (TPSA) is 34.1 Å². The van der Waals surface area contributed by atoms with Crippen LogP contribution >= 0.6 is 11.6 Å². The van der Waals surface area contributed by atoms with Crippen LogP contribution in [0.1, 0.15) is 36.0 Å². The van der Waals surface area contributed by atoms with E-state index in [1.165, 1.54) is 0 Å². The van der Waals surface area contributed by atoms with Gasteiger partial charge in [-0.25, -0.2) is 0 Å². The summed E-state index contributed by atoms with van der Waals surface area (Å²) >= 11 is 5.26. The van der Waals surface area contributed by atoms with E-state index in [-0.39, 0.29) is 11.0 Å². The first-order chi connectivity index (χ1) is 9.18. The Morgan fingerprint density at radius 1 is 0.895 bits per heavy atom. The quantitative estimate of drug-likeness (QED) is 0.446. The van der Waals surface area contributed by atoms with Crippen LogP contribution in [0, 0.1) is 0 Å². The van der Waals surface area contributed by atoms with E-state index in [1.54, 1.807) is 0 Å². The van der Waals surface area contributed by atoms with Crippen LogP contribution in [-0.4, -0.2) is 11.0 Å². The smallest absolute Gasteiger partial charge is 0.221 e. The maximum absolute atomic E-state index is 12.2. The van der Waals surface area contributed by atoms with Crippen molar-refractivity contribution in [3.63, 3.8) is 0 Å². The van der Waals surface area contributed by atoms with Crippen LogP contribution in [0.2, 0.25) is 0 Å². The number of ketones is 1. The van der Waals surface area contributed by atoms with Crippen LogP contribution in [0.5, 0.6) is 0 Å². The molecule has 98 valence electrons. The third-order valence-electron chi connectivity index (χ3n) is 3.12. The molecule has 0 amide bonds. The highest BCUT2D eigenvalue weighted by molar-refractivity contribution is 6.63. The summed E-state index contributed by atoms with van der Waals surface area (Å²) in [6.07, 6.45) is 2.15. The molecule has 0 fully saturated rings. The average molecular weight is 275 g/mol. The van der Waals surface area contributed by atoms with Gasteiger partial charge in [0, 0.05) is 18.4 Å². The average Bonchev–Trinajstić information content (AvgIpc) is 2.42. The van der Waals surface area contributed by atoms with E-state index < -0.39 is 0 Å². The van der Waals surface area contributed by atoms with Crippen LogP contribution in [0.3, 0.4) is 0 Å². The summed E-state index contributed by atoms with van der Waals surface area (Å²) in [5, 5.41) is 1.73. The largest absolute Gasteiger partial charge is 0.294 e. The van der Waals surface area contributed by atoms with E-state index in [2.05, 4.69) is 0 Å². The van der Waals surface area contributed by atoms with Gasteiger partial charge in [0.25, 0.3) is 0 Å². The number of Topliss-reactive ketones (excluding diaryl/α,β-unsaturated/α-hetero) is 1. The van der Waals surface area contributed by atoms with E-state index in [0.29, 0.717) is 25.7 Å². The van der Waals surface area contributed by atoms with E-state index in [0.717, 1.165) is 16.3 Å². The number of carbonyl (C=O) groups excluding carboxylic acids is 2. The molecule has 0 aliphatic heterocycles. The van der Waals surface area contributed by atoms with Crippen molar-refractivity contribution in [3.8, 4) is 0 Å². The molecule has 0 aliphatic carbocycles. The molecular formula is C16H15ClO2. The fraction of sp³-hybridized carbons (Fsp3) is 0.250. The lowest BCUT2D eigenvalue weighted by Gasteiger charge is -2.05. The minimum Gasteiger partial charge on any atom is -0.294 e. The van der Waals surface area contributed by atoms with Crippen molar-refractivity contribution < 1.29 is 9.59 Å². The SMILES string of the molecule is O=C(Cl)CCCCC(=O)c1cccc2ccccc12. The molecule has 3 heteroatoms. The molecular weight excluding hydrogens is 260 g/mol. The predicted molar refractivity (Wildman–Crippen MR) is 77.6 cm³/mol. The minimum absolute atomic E-state index is 0.124. The molecule has 0 saturated heterocycles. The standard InChI is InChI=1S/C16H15ClO2/c17-16(19)11-4-3-10-15(18)14-9-5-7-12-6-1-2-8-13(12)14/h1-2,5-9H,3-4,10-11H2. The van der Waals surface area contributed by atoms with E-state index in [4.69, 9.17) is 11.6 Å². The van der Waals surface area contributed by atoms with Gasteiger partial charge in [-0.05, 0) is 35.2 Å². The van der Waals surface area contributed by atoms with Gasteiger partial charge in [0.15, 0.2) is 5.78 Å². The van der Waals surface area contributed by atoms with Crippen molar-refractivity contribution in [2.45, 2.75) is 25.7 Å². The molecule has 2 nitrogen and oxygen atoms in total. The summed E-state index contributed by atoms with van der Waals surface area (Å²) in [6, 6.07) is 13.6. The van der Waals surface area contributed by atoms with Crippen molar-refractivity contribution in [1.29, 1.82) is 0 Å². The monoisotopic (exact) mass is 274 g/mol. The van der Waals surface area contributed by atoms with Gasteiger partial charge in [0.1, 0.15) is 0 Å². The highest BCUT2D eigenvalue weighted by Gasteiger charge is 2.09. The molecule has 19 heavy (non-hydrogen) atoms. The molecule has 2 aromatic carbocycles.